The topological polar surface area (TPSA) is 69.0 Å². The van der Waals surface area contributed by atoms with Gasteiger partial charge in [-0.05, 0) is 66.9 Å². The molecule has 1 unspecified atom stereocenters. The summed E-state index contributed by atoms with van der Waals surface area (Å²) in [7, 11) is 1.54. The number of nitrogens with zero attached hydrogens (tertiary/aromatic N) is 1. The summed E-state index contributed by atoms with van der Waals surface area (Å²) < 4.78 is 31.6. The van der Waals surface area contributed by atoms with Crippen LogP contribution in [0.15, 0.2) is 63.8 Å². The van der Waals surface area contributed by atoms with E-state index in [0.717, 1.165) is 37.3 Å². The molecule has 1 amide bonds. The summed E-state index contributed by atoms with van der Waals surface area (Å²) in [6.07, 6.45) is 4.29. The summed E-state index contributed by atoms with van der Waals surface area (Å²) in [5, 5.41) is 0.542. The third kappa shape index (κ3) is 4.99. The van der Waals surface area contributed by atoms with Gasteiger partial charge in [0.1, 0.15) is 11.4 Å². The summed E-state index contributed by atoms with van der Waals surface area (Å²) in [6, 6.07) is 13.4. The second kappa shape index (κ2) is 11.1. The third-order valence-corrected chi connectivity index (χ3v) is 7.43. The molecule has 6 nitrogen and oxygen atoms in total. The van der Waals surface area contributed by atoms with E-state index in [1.165, 1.54) is 17.0 Å². The molecule has 0 saturated heterocycles. The molecular weight excluding hydrogens is 521 g/mol. The maximum atomic E-state index is 14.1. The van der Waals surface area contributed by atoms with E-state index >= 15 is 0 Å². The molecule has 39 heavy (non-hydrogen) atoms. The van der Waals surface area contributed by atoms with E-state index < -0.39 is 23.2 Å². The number of hydrogen-bond donors (Lipinski definition) is 0. The first-order valence-corrected chi connectivity index (χ1v) is 13.4. The van der Waals surface area contributed by atoms with Crippen LogP contribution < -0.4 is 19.8 Å². The lowest BCUT2D eigenvalue weighted by Gasteiger charge is -2.26. The lowest BCUT2D eigenvalue weighted by Crippen LogP contribution is -2.29. The molecule has 1 aliphatic rings. The fraction of sp³-hybridized carbons (Fsp3) is 0.290. The van der Waals surface area contributed by atoms with Crippen molar-refractivity contribution in [1.82, 2.24) is 0 Å². The van der Waals surface area contributed by atoms with E-state index in [4.69, 9.17) is 25.5 Å². The summed E-state index contributed by atoms with van der Waals surface area (Å²) in [6.45, 7) is 4.57. The van der Waals surface area contributed by atoms with E-state index in [2.05, 4.69) is 6.92 Å². The Hall–Kier alpha value is -3.84. The van der Waals surface area contributed by atoms with Gasteiger partial charge in [-0.25, -0.2) is 4.39 Å². The SMILES string of the molecule is CCCCCCOc1ccc(C2c3c(oc4ccc(F)cc4c3=O)C(=O)N2c2ccc(C)c(Cl)c2)cc1OC. The molecule has 0 radical (unpaired) electrons. The molecule has 0 bridgehead atoms. The second-order valence-corrected chi connectivity index (χ2v) is 10.1. The zero-order valence-electron chi connectivity index (χ0n) is 22.1. The fourth-order valence-corrected chi connectivity index (χ4v) is 5.12. The number of ether oxygens (including phenoxy) is 2. The van der Waals surface area contributed by atoms with E-state index in [-0.39, 0.29) is 22.3 Å². The number of hydrogen-bond acceptors (Lipinski definition) is 5. The fourth-order valence-electron chi connectivity index (χ4n) is 4.94. The maximum Gasteiger partial charge on any atom is 0.295 e. The van der Waals surface area contributed by atoms with Crippen molar-refractivity contribution in [2.75, 3.05) is 18.6 Å². The zero-order chi connectivity index (χ0) is 27.7. The number of halogens is 2. The number of rotatable bonds is 9. The van der Waals surface area contributed by atoms with Gasteiger partial charge in [0, 0.05) is 10.7 Å². The van der Waals surface area contributed by atoms with Crippen LogP contribution in [0.25, 0.3) is 11.0 Å². The van der Waals surface area contributed by atoms with Crippen molar-refractivity contribution in [3.63, 3.8) is 0 Å². The van der Waals surface area contributed by atoms with Crippen LogP contribution in [0, 0.1) is 12.7 Å². The molecule has 0 spiro atoms. The number of carbonyl (C=O) groups excluding carboxylic acids is 1. The number of aryl methyl sites for hydroxylation is 1. The van der Waals surface area contributed by atoms with Crippen LogP contribution in [-0.2, 0) is 0 Å². The van der Waals surface area contributed by atoms with Gasteiger partial charge in [0.25, 0.3) is 5.91 Å². The molecule has 4 aromatic rings. The minimum atomic E-state index is -0.859. The van der Waals surface area contributed by atoms with Crippen molar-refractivity contribution in [2.45, 2.75) is 45.6 Å². The van der Waals surface area contributed by atoms with Crippen LogP contribution in [0.2, 0.25) is 5.02 Å². The van der Waals surface area contributed by atoms with Gasteiger partial charge in [-0.15, -0.1) is 0 Å². The van der Waals surface area contributed by atoms with Gasteiger partial charge in [-0.2, -0.15) is 0 Å². The van der Waals surface area contributed by atoms with Gasteiger partial charge in [-0.1, -0.05) is 49.9 Å². The van der Waals surface area contributed by atoms with Crippen molar-refractivity contribution in [3.8, 4) is 11.5 Å². The molecule has 3 aromatic carbocycles. The van der Waals surface area contributed by atoms with Gasteiger partial charge in [0.2, 0.25) is 5.76 Å². The number of anilines is 1. The first-order chi connectivity index (χ1) is 18.8. The van der Waals surface area contributed by atoms with E-state index in [9.17, 15) is 14.0 Å². The van der Waals surface area contributed by atoms with Crippen molar-refractivity contribution in [2.24, 2.45) is 0 Å². The Morgan fingerprint density at radius 3 is 2.56 bits per heavy atom. The van der Waals surface area contributed by atoms with Crippen LogP contribution in [0.4, 0.5) is 10.1 Å². The first-order valence-electron chi connectivity index (χ1n) is 13.0. The third-order valence-electron chi connectivity index (χ3n) is 7.02. The van der Waals surface area contributed by atoms with Crippen LogP contribution in [0.3, 0.4) is 0 Å². The van der Waals surface area contributed by atoms with Crippen LogP contribution in [0.1, 0.15) is 65.9 Å². The standard InChI is InChI=1S/C31H29ClFNO5/c1-4-5-6-7-14-38-25-12-9-19(15-26(25)37-3)28-27-29(35)22-16-20(33)10-13-24(22)39-30(27)31(36)34(28)21-11-8-18(2)23(32)17-21/h8-13,15-17,28H,4-7,14H2,1-3H3. The molecular formula is C31H29ClFNO5. The monoisotopic (exact) mass is 549 g/mol. The second-order valence-electron chi connectivity index (χ2n) is 9.65. The van der Waals surface area contributed by atoms with Gasteiger partial charge < -0.3 is 13.9 Å². The summed E-state index contributed by atoms with van der Waals surface area (Å²) in [5.74, 6) is -0.105. The van der Waals surface area contributed by atoms with Crippen molar-refractivity contribution >= 4 is 34.2 Å². The largest absolute Gasteiger partial charge is 0.493 e. The predicted molar refractivity (Wildman–Crippen MR) is 150 cm³/mol. The van der Waals surface area contributed by atoms with Gasteiger partial charge >= 0.3 is 0 Å². The zero-order valence-corrected chi connectivity index (χ0v) is 22.8. The van der Waals surface area contributed by atoms with Crippen molar-refractivity contribution in [3.05, 3.63) is 98.1 Å². The average molecular weight is 550 g/mol. The number of methoxy groups -OCH3 is 1. The molecule has 0 fully saturated rings. The smallest absolute Gasteiger partial charge is 0.295 e. The molecule has 1 aliphatic heterocycles. The molecule has 0 saturated carbocycles. The lowest BCUT2D eigenvalue weighted by molar-refractivity contribution is 0.0971. The molecule has 202 valence electrons. The highest BCUT2D eigenvalue weighted by Crippen LogP contribution is 2.44. The van der Waals surface area contributed by atoms with Gasteiger partial charge in [-0.3, -0.25) is 14.5 Å². The normalized spacial score (nSPS) is 14.6. The molecule has 1 atom stereocenters. The molecule has 8 heteroatoms. The Kier molecular flexibility index (Phi) is 7.62. The summed E-state index contributed by atoms with van der Waals surface area (Å²) in [4.78, 5) is 29.1. The summed E-state index contributed by atoms with van der Waals surface area (Å²) >= 11 is 6.43. The Labute approximate surface area is 230 Å². The molecule has 0 N–H and O–H groups in total. The van der Waals surface area contributed by atoms with Crippen LogP contribution in [0.5, 0.6) is 11.5 Å². The number of fused-ring (bicyclic) bond motifs is 2. The Morgan fingerprint density at radius 1 is 1.00 bits per heavy atom. The highest BCUT2D eigenvalue weighted by Gasteiger charge is 2.44. The lowest BCUT2D eigenvalue weighted by atomic mass is 9.97. The van der Waals surface area contributed by atoms with E-state index in [1.807, 2.05) is 13.0 Å². The number of carbonyl (C=O) groups is 1. The van der Waals surface area contributed by atoms with E-state index in [1.54, 1.807) is 37.4 Å². The average Bonchev–Trinajstić information content (AvgIpc) is 3.23. The number of benzene rings is 3. The molecule has 5 rings (SSSR count). The number of unbranched alkanes of at least 4 members (excludes halogenated alkanes) is 3. The Balaban J connectivity index is 1.64. The quantitative estimate of drug-likeness (QED) is 0.201. The predicted octanol–water partition coefficient (Wildman–Crippen LogP) is 7.61. The number of amides is 1. The van der Waals surface area contributed by atoms with Crippen molar-refractivity contribution in [1.29, 1.82) is 0 Å². The van der Waals surface area contributed by atoms with E-state index in [0.29, 0.717) is 34.4 Å². The van der Waals surface area contributed by atoms with Crippen LogP contribution >= 0.6 is 11.6 Å². The molecule has 2 heterocycles. The van der Waals surface area contributed by atoms with Crippen LogP contribution in [-0.4, -0.2) is 19.6 Å². The molecule has 1 aromatic heterocycles. The Bertz CT molecular complexity index is 1620. The summed E-state index contributed by atoms with van der Waals surface area (Å²) in [5.41, 5.74) is 1.75. The minimum absolute atomic E-state index is 0.0642. The maximum absolute atomic E-state index is 14.1. The highest BCUT2D eigenvalue weighted by atomic mass is 35.5. The Morgan fingerprint density at radius 2 is 1.82 bits per heavy atom. The first kappa shape index (κ1) is 26.8. The van der Waals surface area contributed by atoms with Gasteiger partial charge in [0.05, 0.1) is 30.7 Å². The molecule has 0 aliphatic carbocycles. The van der Waals surface area contributed by atoms with Crippen molar-refractivity contribution < 1.29 is 23.1 Å². The van der Waals surface area contributed by atoms with Gasteiger partial charge in [0.15, 0.2) is 16.9 Å². The highest BCUT2D eigenvalue weighted by molar-refractivity contribution is 6.31. The minimum Gasteiger partial charge on any atom is -0.493 e.